The summed E-state index contributed by atoms with van der Waals surface area (Å²) in [5.41, 5.74) is 3.39. The van der Waals surface area contributed by atoms with Gasteiger partial charge in [-0.3, -0.25) is 4.79 Å². The van der Waals surface area contributed by atoms with Crippen LogP contribution in [0.4, 0.5) is 0 Å². The van der Waals surface area contributed by atoms with E-state index < -0.39 is 0 Å². The highest BCUT2D eigenvalue weighted by molar-refractivity contribution is 6.42. The highest BCUT2D eigenvalue weighted by atomic mass is 35.5. The van der Waals surface area contributed by atoms with Gasteiger partial charge in [-0.05, 0) is 24.6 Å². The van der Waals surface area contributed by atoms with Gasteiger partial charge in [-0.25, -0.2) is 4.98 Å². The molecule has 0 N–H and O–H groups in total. The molecule has 3 nitrogen and oxygen atoms in total. The molecule has 106 valence electrons. The van der Waals surface area contributed by atoms with Crippen molar-refractivity contribution in [3.63, 3.8) is 0 Å². The Morgan fingerprint density at radius 2 is 1.76 bits per heavy atom. The number of aryl methyl sites for hydroxylation is 2. The van der Waals surface area contributed by atoms with Gasteiger partial charge in [-0.2, -0.15) is 0 Å². The molecule has 3 aromatic rings. The van der Waals surface area contributed by atoms with Crippen LogP contribution in [0.5, 0.6) is 0 Å². The van der Waals surface area contributed by atoms with Gasteiger partial charge in [-0.15, -0.1) is 0 Å². The maximum atomic E-state index is 12.6. The van der Waals surface area contributed by atoms with Crippen molar-refractivity contribution in [2.24, 2.45) is 7.05 Å². The molecule has 1 aromatic heterocycles. The van der Waals surface area contributed by atoms with E-state index in [2.05, 4.69) is 4.98 Å². The Kier molecular flexibility index (Phi) is 3.47. The van der Waals surface area contributed by atoms with Crippen molar-refractivity contribution in [1.29, 1.82) is 0 Å². The first-order valence-corrected chi connectivity index (χ1v) is 7.16. The summed E-state index contributed by atoms with van der Waals surface area (Å²) in [7, 11) is 1.71. The van der Waals surface area contributed by atoms with Crippen molar-refractivity contribution >= 4 is 34.2 Å². The maximum absolute atomic E-state index is 12.6. The minimum Gasteiger partial charge on any atom is -0.308 e. The lowest BCUT2D eigenvalue weighted by Gasteiger charge is -2.10. The molecule has 0 saturated carbocycles. The summed E-state index contributed by atoms with van der Waals surface area (Å²) in [5, 5.41) is 0.829. The molecule has 0 amide bonds. The van der Waals surface area contributed by atoms with E-state index in [0.717, 1.165) is 11.1 Å². The normalized spacial score (nSPS) is 11.0. The number of hydrogen-bond donors (Lipinski definition) is 0. The molecule has 1 heterocycles. The smallest absolute Gasteiger partial charge is 0.277 e. The topological polar surface area (TPSA) is 34.9 Å². The fourth-order valence-corrected chi connectivity index (χ4v) is 2.65. The Morgan fingerprint density at radius 3 is 2.48 bits per heavy atom. The second-order valence-electron chi connectivity index (χ2n) is 4.89. The van der Waals surface area contributed by atoms with E-state index in [4.69, 9.17) is 23.2 Å². The quantitative estimate of drug-likeness (QED) is 0.673. The molecule has 21 heavy (non-hydrogen) atoms. The van der Waals surface area contributed by atoms with Crippen LogP contribution < -0.4 is 5.56 Å². The third-order valence-corrected chi connectivity index (χ3v) is 4.24. The average Bonchev–Trinajstić information content (AvgIpc) is 2.46. The minimum atomic E-state index is -0.157. The first-order chi connectivity index (χ1) is 9.99. The lowest BCUT2D eigenvalue weighted by Crippen LogP contribution is -2.21. The van der Waals surface area contributed by atoms with Crippen LogP contribution in [0.15, 0.2) is 41.2 Å². The summed E-state index contributed by atoms with van der Waals surface area (Å²) >= 11 is 12.1. The molecule has 0 spiro atoms. The molecule has 0 fully saturated rings. The van der Waals surface area contributed by atoms with Crippen molar-refractivity contribution in [2.45, 2.75) is 6.92 Å². The van der Waals surface area contributed by atoms with Gasteiger partial charge in [0.15, 0.2) is 0 Å². The lowest BCUT2D eigenvalue weighted by atomic mass is 10.1. The summed E-state index contributed by atoms with van der Waals surface area (Å²) in [5.74, 6) is 0. The number of rotatable bonds is 1. The fourth-order valence-electron chi connectivity index (χ4n) is 2.33. The van der Waals surface area contributed by atoms with Crippen molar-refractivity contribution < 1.29 is 0 Å². The van der Waals surface area contributed by atoms with Crippen molar-refractivity contribution in [2.75, 3.05) is 0 Å². The Bertz CT molecular complexity index is 916. The van der Waals surface area contributed by atoms with Gasteiger partial charge in [0.05, 0.1) is 21.1 Å². The number of nitrogens with zero attached hydrogens (tertiary/aromatic N) is 2. The first-order valence-electron chi connectivity index (χ1n) is 6.41. The largest absolute Gasteiger partial charge is 0.308 e. The van der Waals surface area contributed by atoms with Crippen LogP contribution in [0.3, 0.4) is 0 Å². The predicted molar refractivity (Wildman–Crippen MR) is 87.2 cm³/mol. The molecule has 3 rings (SSSR count). The van der Waals surface area contributed by atoms with Crippen molar-refractivity contribution in [1.82, 2.24) is 9.55 Å². The summed E-state index contributed by atoms with van der Waals surface area (Å²) in [6, 6.07) is 11.0. The molecule has 0 aliphatic heterocycles. The van der Waals surface area contributed by atoms with Crippen molar-refractivity contribution in [3.8, 4) is 11.3 Å². The predicted octanol–water partition coefficient (Wildman–Crippen LogP) is 4.22. The molecule has 0 aliphatic rings. The highest BCUT2D eigenvalue weighted by Crippen LogP contribution is 2.27. The van der Waals surface area contributed by atoms with Crippen LogP contribution in [0, 0.1) is 6.92 Å². The van der Waals surface area contributed by atoms with Crippen LogP contribution in [0.1, 0.15) is 5.56 Å². The van der Waals surface area contributed by atoms with Gasteiger partial charge < -0.3 is 4.57 Å². The zero-order valence-corrected chi connectivity index (χ0v) is 13.0. The van der Waals surface area contributed by atoms with Crippen LogP contribution in [0.25, 0.3) is 22.3 Å². The van der Waals surface area contributed by atoms with E-state index in [1.807, 2.05) is 31.2 Å². The summed E-state index contributed by atoms with van der Waals surface area (Å²) < 4.78 is 1.55. The van der Waals surface area contributed by atoms with Crippen LogP contribution in [0.2, 0.25) is 10.0 Å². The summed E-state index contributed by atoms with van der Waals surface area (Å²) in [6.45, 7) is 1.95. The monoisotopic (exact) mass is 318 g/mol. The Hall–Kier alpha value is -1.84. The molecule has 5 heteroatoms. The van der Waals surface area contributed by atoms with E-state index in [-0.39, 0.29) is 5.56 Å². The molecular formula is C16H12Cl2N2O. The van der Waals surface area contributed by atoms with Gasteiger partial charge in [-0.1, -0.05) is 47.5 Å². The molecule has 0 atom stereocenters. The van der Waals surface area contributed by atoms with E-state index in [1.165, 1.54) is 0 Å². The molecule has 0 bridgehead atoms. The number of hydrogen-bond acceptors (Lipinski definition) is 2. The van der Waals surface area contributed by atoms with Gasteiger partial charge in [0.25, 0.3) is 5.56 Å². The SMILES string of the molecule is Cc1ccccc1-c1nc2cc(Cl)c(Cl)cc2n(C)c1=O. The molecular weight excluding hydrogens is 307 g/mol. The first kappa shape index (κ1) is 14.1. The van der Waals surface area contributed by atoms with Crippen molar-refractivity contribution in [3.05, 3.63) is 62.4 Å². The maximum Gasteiger partial charge on any atom is 0.277 e. The second kappa shape index (κ2) is 5.17. The Morgan fingerprint density at radius 1 is 1.10 bits per heavy atom. The Balaban J connectivity index is 2.41. The average molecular weight is 319 g/mol. The third-order valence-electron chi connectivity index (χ3n) is 3.52. The lowest BCUT2D eigenvalue weighted by molar-refractivity contribution is 0.895. The number of fused-ring (bicyclic) bond motifs is 1. The standard InChI is InChI=1S/C16H12Cl2N2O/c1-9-5-3-4-6-10(9)15-16(21)20(2)14-8-12(18)11(17)7-13(14)19-15/h3-8H,1-2H3. The molecule has 0 unspecified atom stereocenters. The Labute approximate surface area is 131 Å². The fraction of sp³-hybridized carbons (Fsp3) is 0.125. The number of benzene rings is 2. The number of halogens is 2. The van der Waals surface area contributed by atoms with E-state index in [0.29, 0.717) is 26.8 Å². The van der Waals surface area contributed by atoms with Crippen LogP contribution in [-0.2, 0) is 7.05 Å². The molecule has 0 aliphatic carbocycles. The third kappa shape index (κ3) is 2.33. The second-order valence-corrected chi connectivity index (χ2v) is 5.71. The minimum absolute atomic E-state index is 0.157. The van der Waals surface area contributed by atoms with Crippen LogP contribution >= 0.6 is 23.2 Å². The van der Waals surface area contributed by atoms with Gasteiger partial charge >= 0.3 is 0 Å². The zero-order valence-electron chi connectivity index (χ0n) is 11.5. The van der Waals surface area contributed by atoms with Crippen LogP contribution in [-0.4, -0.2) is 9.55 Å². The zero-order chi connectivity index (χ0) is 15.1. The van der Waals surface area contributed by atoms with Gasteiger partial charge in [0, 0.05) is 12.6 Å². The van der Waals surface area contributed by atoms with E-state index in [9.17, 15) is 4.79 Å². The highest BCUT2D eigenvalue weighted by Gasteiger charge is 2.13. The van der Waals surface area contributed by atoms with E-state index in [1.54, 1.807) is 23.7 Å². The molecule has 0 radical (unpaired) electrons. The summed E-state index contributed by atoms with van der Waals surface area (Å²) in [6.07, 6.45) is 0. The molecule has 0 saturated heterocycles. The van der Waals surface area contributed by atoms with Gasteiger partial charge in [0.1, 0.15) is 5.69 Å². The number of aromatic nitrogens is 2. The van der Waals surface area contributed by atoms with E-state index >= 15 is 0 Å². The molecule has 2 aromatic carbocycles. The summed E-state index contributed by atoms with van der Waals surface area (Å²) in [4.78, 5) is 17.0. The van der Waals surface area contributed by atoms with Gasteiger partial charge in [0.2, 0.25) is 0 Å².